The van der Waals surface area contributed by atoms with Crippen LogP contribution >= 0.6 is 0 Å². The first-order valence-electron chi connectivity index (χ1n) is 5.78. The molecule has 0 spiro atoms. The summed E-state index contributed by atoms with van der Waals surface area (Å²) in [6.45, 7) is 1.97. The van der Waals surface area contributed by atoms with Crippen molar-refractivity contribution in [1.82, 2.24) is 0 Å². The highest BCUT2D eigenvalue weighted by Gasteiger charge is 2.31. The number of aryl methyl sites for hydroxylation is 1. The van der Waals surface area contributed by atoms with Crippen LogP contribution in [0.1, 0.15) is 29.2 Å². The number of aliphatic hydroxyl groups is 1. The van der Waals surface area contributed by atoms with Crippen LogP contribution in [0.3, 0.4) is 0 Å². The minimum absolute atomic E-state index is 0.233. The Hall–Kier alpha value is -1.26. The number of ether oxygens (including phenoxy) is 2. The third-order valence-corrected chi connectivity index (χ3v) is 3.42. The van der Waals surface area contributed by atoms with Gasteiger partial charge in [0.05, 0.1) is 20.3 Å². The maximum atomic E-state index is 10.2. The molecule has 0 heterocycles. The van der Waals surface area contributed by atoms with Gasteiger partial charge in [-0.25, -0.2) is 0 Å². The van der Waals surface area contributed by atoms with Gasteiger partial charge < -0.3 is 20.3 Å². The lowest BCUT2D eigenvalue weighted by Gasteiger charge is -2.30. The first kappa shape index (κ1) is 12.2. The first-order valence-corrected chi connectivity index (χ1v) is 5.78. The summed E-state index contributed by atoms with van der Waals surface area (Å²) in [7, 11) is 3.25. The van der Waals surface area contributed by atoms with Gasteiger partial charge in [-0.15, -0.1) is 0 Å². The van der Waals surface area contributed by atoms with Crippen molar-refractivity contribution in [2.75, 3.05) is 14.2 Å². The van der Waals surface area contributed by atoms with Crippen molar-refractivity contribution < 1.29 is 14.6 Å². The summed E-state index contributed by atoms with van der Waals surface area (Å²) >= 11 is 0. The number of hydrogen-bond donors (Lipinski definition) is 2. The van der Waals surface area contributed by atoms with E-state index in [1.807, 2.05) is 13.0 Å². The number of fused-ring (bicyclic) bond motifs is 1. The predicted octanol–water partition coefficient (Wildman–Crippen LogP) is 1.32. The van der Waals surface area contributed by atoms with E-state index in [-0.39, 0.29) is 6.04 Å². The fourth-order valence-corrected chi connectivity index (χ4v) is 2.56. The third kappa shape index (κ3) is 1.87. The van der Waals surface area contributed by atoms with Gasteiger partial charge in [0.2, 0.25) is 0 Å². The average Bonchev–Trinajstić information content (AvgIpc) is 2.32. The molecular formula is C13H19NO3. The SMILES string of the molecule is COc1cc(C)c(OC)c2c1C(O)C(N)CC2. The van der Waals surface area contributed by atoms with Crippen molar-refractivity contribution >= 4 is 0 Å². The Balaban J connectivity index is 2.65. The second-order valence-corrected chi connectivity index (χ2v) is 4.47. The highest BCUT2D eigenvalue weighted by Crippen LogP contribution is 2.42. The number of methoxy groups -OCH3 is 2. The van der Waals surface area contributed by atoms with Crippen LogP contribution < -0.4 is 15.2 Å². The number of benzene rings is 1. The maximum Gasteiger partial charge on any atom is 0.125 e. The van der Waals surface area contributed by atoms with Crippen LogP contribution in [0.15, 0.2) is 6.07 Å². The van der Waals surface area contributed by atoms with Crippen LogP contribution in [0.25, 0.3) is 0 Å². The topological polar surface area (TPSA) is 64.7 Å². The molecule has 17 heavy (non-hydrogen) atoms. The van der Waals surface area contributed by atoms with Crippen LogP contribution in [0, 0.1) is 6.92 Å². The van der Waals surface area contributed by atoms with Gasteiger partial charge in [-0.1, -0.05) is 0 Å². The standard InChI is InChI=1S/C13H19NO3/c1-7-6-10(16-2)11-8(13(7)17-3)4-5-9(14)12(11)15/h6,9,12,15H,4-5,14H2,1-3H3. The van der Waals surface area contributed by atoms with Crippen molar-refractivity contribution in [2.45, 2.75) is 31.9 Å². The molecule has 4 heteroatoms. The van der Waals surface area contributed by atoms with Gasteiger partial charge in [-0.3, -0.25) is 0 Å². The molecule has 1 aliphatic rings. The van der Waals surface area contributed by atoms with Crippen molar-refractivity contribution in [3.8, 4) is 11.5 Å². The smallest absolute Gasteiger partial charge is 0.125 e. The zero-order valence-electron chi connectivity index (χ0n) is 10.5. The van der Waals surface area contributed by atoms with Gasteiger partial charge >= 0.3 is 0 Å². The minimum Gasteiger partial charge on any atom is -0.496 e. The van der Waals surface area contributed by atoms with Crippen LogP contribution in [0.4, 0.5) is 0 Å². The molecule has 4 nitrogen and oxygen atoms in total. The molecule has 1 aromatic rings. The second-order valence-electron chi connectivity index (χ2n) is 4.47. The quantitative estimate of drug-likeness (QED) is 0.814. The Labute approximate surface area is 101 Å². The third-order valence-electron chi connectivity index (χ3n) is 3.42. The van der Waals surface area contributed by atoms with E-state index in [4.69, 9.17) is 15.2 Å². The fraction of sp³-hybridized carbons (Fsp3) is 0.538. The molecule has 2 rings (SSSR count). The number of rotatable bonds is 2. The van der Waals surface area contributed by atoms with Gasteiger partial charge in [0, 0.05) is 17.2 Å². The second kappa shape index (κ2) is 4.55. The summed E-state index contributed by atoms with van der Waals surface area (Å²) < 4.78 is 10.8. The van der Waals surface area contributed by atoms with E-state index in [1.165, 1.54) is 0 Å². The molecule has 0 saturated heterocycles. The van der Waals surface area contributed by atoms with Crippen molar-refractivity contribution in [2.24, 2.45) is 5.73 Å². The summed E-state index contributed by atoms with van der Waals surface area (Å²) in [6.07, 6.45) is 0.898. The molecule has 1 aromatic carbocycles. The van der Waals surface area contributed by atoms with Crippen LogP contribution in [0.5, 0.6) is 11.5 Å². The fourth-order valence-electron chi connectivity index (χ4n) is 2.56. The molecule has 0 radical (unpaired) electrons. The first-order chi connectivity index (χ1) is 8.10. The van der Waals surface area contributed by atoms with Crippen molar-refractivity contribution in [3.63, 3.8) is 0 Å². The lowest BCUT2D eigenvalue weighted by Crippen LogP contribution is -2.33. The molecule has 2 unspecified atom stereocenters. The minimum atomic E-state index is -0.678. The van der Waals surface area contributed by atoms with Gasteiger partial charge in [0.1, 0.15) is 11.5 Å². The highest BCUT2D eigenvalue weighted by atomic mass is 16.5. The molecule has 0 saturated carbocycles. The number of nitrogens with two attached hydrogens (primary N) is 1. The maximum absolute atomic E-state index is 10.2. The summed E-state index contributed by atoms with van der Waals surface area (Å²) in [6, 6.07) is 1.66. The summed E-state index contributed by atoms with van der Waals surface area (Å²) in [5.41, 5.74) is 8.73. The van der Waals surface area contributed by atoms with E-state index >= 15 is 0 Å². The molecule has 94 valence electrons. The molecule has 1 aliphatic carbocycles. The molecule has 0 fully saturated rings. The van der Waals surface area contributed by atoms with Gasteiger partial charge in [-0.05, 0) is 31.4 Å². The van der Waals surface area contributed by atoms with Crippen molar-refractivity contribution in [1.29, 1.82) is 0 Å². The Morgan fingerprint density at radius 2 is 2.06 bits per heavy atom. The molecule has 0 aliphatic heterocycles. The molecule has 0 aromatic heterocycles. The van der Waals surface area contributed by atoms with E-state index in [9.17, 15) is 5.11 Å². The Bertz CT molecular complexity index is 431. The number of aliphatic hydroxyl groups excluding tert-OH is 1. The summed E-state index contributed by atoms with van der Waals surface area (Å²) in [5.74, 6) is 1.53. The van der Waals surface area contributed by atoms with E-state index in [0.29, 0.717) is 5.75 Å². The van der Waals surface area contributed by atoms with Crippen LogP contribution in [-0.4, -0.2) is 25.4 Å². The predicted molar refractivity (Wildman–Crippen MR) is 65.5 cm³/mol. The average molecular weight is 237 g/mol. The van der Waals surface area contributed by atoms with E-state index in [1.54, 1.807) is 14.2 Å². The Morgan fingerprint density at radius 3 is 2.65 bits per heavy atom. The Kier molecular flexibility index (Phi) is 3.26. The zero-order valence-corrected chi connectivity index (χ0v) is 10.5. The van der Waals surface area contributed by atoms with Gasteiger partial charge in [-0.2, -0.15) is 0 Å². The van der Waals surface area contributed by atoms with E-state index in [0.717, 1.165) is 35.3 Å². The van der Waals surface area contributed by atoms with Crippen LogP contribution in [0.2, 0.25) is 0 Å². The molecular weight excluding hydrogens is 218 g/mol. The van der Waals surface area contributed by atoms with E-state index < -0.39 is 6.10 Å². The largest absolute Gasteiger partial charge is 0.496 e. The van der Waals surface area contributed by atoms with Crippen LogP contribution in [-0.2, 0) is 6.42 Å². The Morgan fingerprint density at radius 1 is 1.35 bits per heavy atom. The van der Waals surface area contributed by atoms with E-state index in [2.05, 4.69) is 0 Å². The normalized spacial score (nSPS) is 23.1. The summed E-state index contributed by atoms with van der Waals surface area (Å²) in [5, 5.41) is 10.2. The lowest BCUT2D eigenvalue weighted by atomic mass is 9.84. The molecule has 0 bridgehead atoms. The molecule has 2 atom stereocenters. The van der Waals surface area contributed by atoms with Crippen molar-refractivity contribution in [3.05, 3.63) is 22.8 Å². The highest BCUT2D eigenvalue weighted by molar-refractivity contribution is 5.55. The monoisotopic (exact) mass is 237 g/mol. The van der Waals surface area contributed by atoms with Gasteiger partial charge in [0.15, 0.2) is 0 Å². The van der Waals surface area contributed by atoms with Gasteiger partial charge in [0.25, 0.3) is 0 Å². The lowest BCUT2D eigenvalue weighted by molar-refractivity contribution is 0.129. The summed E-state index contributed by atoms with van der Waals surface area (Å²) in [4.78, 5) is 0. The zero-order chi connectivity index (χ0) is 12.6. The number of hydrogen-bond acceptors (Lipinski definition) is 4. The molecule has 0 amide bonds. The molecule has 3 N–H and O–H groups in total.